The highest BCUT2D eigenvalue weighted by atomic mass is 32.1. The summed E-state index contributed by atoms with van der Waals surface area (Å²) in [5, 5.41) is 4.79. The molecule has 28 heavy (non-hydrogen) atoms. The molecule has 0 radical (unpaired) electrons. The Morgan fingerprint density at radius 2 is 1.86 bits per heavy atom. The third kappa shape index (κ3) is 3.13. The first-order valence-electron chi connectivity index (χ1n) is 9.79. The molecule has 0 bridgehead atoms. The lowest BCUT2D eigenvalue weighted by atomic mass is 10.2. The first-order chi connectivity index (χ1) is 13.6. The van der Waals surface area contributed by atoms with Crippen molar-refractivity contribution in [2.75, 3.05) is 6.61 Å². The number of fused-ring (bicyclic) bond motifs is 2. The van der Waals surface area contributed by atoms with E-state index in [-0.39, 0.29) is 0 Å². The highest BCUT2D eigenvalue weighted by molar-refractivity contribution is 7.19. The quantitative estimate of drug-likeness (QED) is 0.264. The zero-order valence-corrected chi connectivity index (χ0v) is 18.5. The molecule has 0 N–H and O–H groups in total. The van der Waals surface area contributed by atoms with Gasteiger partial charge in [-0.25, -0.2) is 0 Å². The first kappa shape index (κ1) is 19.4. The van der Waals surface area contributed by atoms with Gasteiger partial charge < -0.3 is 13.9 Å². The van der Waals surface area contributed by atoms with Crippen LogP contribution in [0.4, 0.5) is 0 Å². The van der Waals surface area contributed by atoms with Crippen LogP contribution in [-0.4, -0.2) is 22.0 Å². The van der Waals surface area contributed by atoms with Crippen molar-refractivity contribution in [3.05, 3.63) is 44.9 Å². The predicted molar refractivity (Wildman–Crippen MR) is 119 cm³/mol. The average Bonchev–Trinajstić information content (AvgIpc) is 3.41. The molecular formula is C22H26N2O2S2. The summed E-state index contributed by atoms with van der Waals surface area (Å²) in [7, 11) is 0. The van der Waals surface area contributed by atoms with E-state index in [0.29, 0.717) is 13.2 Å². The smallest absolute Gasteiger partial charge is 0.166 e. The van der Waals surface area contributed by atoms with Gasteiger partial charge in [0.05, 0.1) is 18.9 Å². The molecule has 0 spiro atoms. The fourth-order valence-electron chi connectivity index (χ4n) is 3.94. The molecule has 0 saturated carbocycles. The second-order valence-corrected chi connectivity index (χ2v) is 9.06. The third-order valence-electron chi connectivity index (χ3n) is 5.50. The second kappa shape index (κ2) is 7.85. The summed E-state index contributed by atoms with van der Waals surface area (Å²) in [6, 6.07) is 4.30. The van der Waals surface area contributed by atoms with Crippen LogP contribution in [-0.2, 0) is 30.9 Å². The Morgan fingerprint density at radius 3 is 2.57 bits per heavy atom. The predicted octanol–water partition coefficient (Wildman–Crippen LogP) is 5.95. The lowest BCUT2D eigenvalue weighted by molar-refractivity contribution is 0.111. The van der Waals surface area contributed by atoms with Crippen molar-refractivity contribution >= 4 is 49.4 Å². The van der Waals surface area contributed by atoms with E-state index in [1.54, 1.807) is 11.3 Å². The fourth-order valence-corrected chi connectivity index (χ4v) is 6.43. The zero-order chi connectivity index (χ0) is 19.8. The molecule has 4 aromatic heterocycles. The number of thiophene rings is 2. The lowest BCUT2D eigenvalue weighted by Gasteiger charge is -2.08. The number of aldehydes is 1. The van der Waals surface area contributed by atoms with E-state index in [9.17, 15) is 4.79 Å². The van der Waals surface area contributed by atoms with E-state index < -0.39 is 0 Å². The summed E-state index contributed by atoms with van der Waals surface area (Å²) < 4.78 is 10.5. The molecule has 6 heteroatoms. The molecule has 0 unspecified atom stereocenters. The Balaban J connectivity index is 1.45. The standard InChI is InChI=1S/C22H26N2O2S2/c1-5-23-16(11-25)9-19-15(4)20(28-22(19)23)7-8-26-12-17-10-18-14(3)13-27-21(18)24(17)6-2/h9-11,13H,5-8,12H2,1-4H3. The van der Waals surface area contributed by atoms with Crippen LogP contribution in [0.1, 0.15) is 46.0 Å². The maximum Gasteiger partial charge on any atom is 0.166 e. The minimum Gasteiger partial charge on any atom is -0.375 e. The van der Waals surface area contributed by atoms with Gasteiger partial charge in [0.2, 0.25) is 0 Å². The summed E-state index contributed by atoms with van der Waals surface area (Å²) in [6.07, 6.45) is 1.86. The average molecular weight is 415 g/mol. The van der Waals surface area contributed by atoms with E-state index in [1.807, 2.05) is 17.4 Å². The van der Waals surface area contributed by atoms with Crippen molar-refractivity contribution in [3.8, 4) is 0 Å². The van der Waals surface area contributed by atoms with Crippen molar-refractivity contribution in [2.24, 2.45) is 0 Å². The van der Waals surface area contributed by atoms with Gasteiger partial charge in [-0.15, -0.1) is 22.7 Å². The molecule has 148 valence electrons. The molecular weight excluding hydrogens is 388 g/mol. The van der Waals surface area contributed by atoms with E-state index in [0.717, 1.165) is 31.5 Å². The van der Waals surface area contributed by atoms with Gasteiger partial charge in [0.1, 0.15) is 9.66 Å². The van der Waals surface area contributed by atoms with Crippen LogP contribution in [0.15, 0.2) is 17.5 Å². The number of hydrogen-bond donors (Lipinski definition) is 0. The van der Waals surface area contributed by atoms with Crippen molar-refractivity contribution < 1.29 is 9.53 Å². The molecule has 0 fully saturated rings. The topological polar surface area (TPSA) is 36.2 Å². The number of ether oxygens (including phenoxy) is 1. The van der Waals surface area contributed by atoms with Crippen molar-refractivity contribution in [1.82, 2.24) is 9.13 Å². The Morgan fingerprint density at radius 1 is 1.07 bits per heavy atom. The molecule has 0 aromatic carbocycles. The third-order valence-corrected chi connectivity index (χ3v) is 8.03. The van der Waals surface area contributed by atoms with Gasteiger partial charge in [-0.1, -0.05) is 0 Å². The van der Waals surface area contributed by atoms with Crippen molar-refractivity contribution in [2.45, 2.75) is 53.8 Å². The number of nitrogens with zero attached hydrogens (tertiary/aromatic N) is 2. The van der Waals surface area contributed by atoms with Crippen LogP contribution < -0.4 is 0 Å². The summed E-state index contributed by atoms with van der Waals surface area (Å²) >= 11 is 3.61. The number of aromatic nitrogens is 2. The maximum atomic E-state index is 11.3. The van der Waals surface area contributed by atoms with Gasteiger partial charge in [0.25, 0.3) is 0 Å². The SMILES string of the molecule is CCn1c(C=O)cc2c(C)c(CCOCc3cc4c(C)csc4n3CC)sc21. The molecule has 0 aliphatic heterocycles. The Bertz CT molecular complexity index is 1140. The van der Waals surface area contributed by atoms with Gasteiger partial charge in [0.15, 0.2) is 6.29 Å². The molecule has 0 saturated heterocycles. The normalized spacial score (nSPS) is 11.9. The van der Waals surface area contributed by atoms with Gasteiger partial charge in [-0.2, -0.15) is 0 Å². The number of carbonyl (C=O) groups excluding carboxylic acids is 1. The summed E-state index contributed by atoms with van der Waals surface area (Å²) in [4.78, 5) is 15.2. The van der Waals surface area contributed by atoms with Crippen LogP contribution in [0.5, 0.6) is 0 Å². The fraction of sp³-hybridized carbons (Fsp3) is 0.409. The zero-order valence-electron chi connectivity index (χ0n) is 16.9. The van der Waals surface area contributed by atoms with E-state index in [4.69, 9.17) is 4.74 Å². The minimum atomic E-state index is 0.648. The second-order valence-electron chi connectivity index (χ2n) is 7.12. The van der Waals surface area contributed by atoms with Gasteiger partial charge >= 0.3 is 0 Å². The van der Waals surface area contributed by atoms with Crippen LogP contribution in [0.2, 0.25) is 0 Å². The molecule has 0 atom stereocenters. The van der Waals surface area contributed by atoms with Crippen molar-refractivity contribution in [3.63, 3.8) is 0 Å². The number of aryl methyl sites for hydroxylation is 4. The Labute approximate surface area is 173 Å². The first-order valence-corrected chi connectivity index (χ1v) is 11.5. The summed E-state index contributed by atoms with van der Waals surface area (Å²) in [6.45, 7) is 11.7. The molecule has 0 amide bonds. The monoisotopic (exact) mass is 414 g/mol. The molecule has 4 aromatic rings. The van der Waals surface area contributed by atoms with Gasteiger partial charge in [-0.3, -0.25) is 4.79 Å². The highest BCUT2D eigenvalue weighted by Gasteiger charge is 2.16. The lowest BCUT2D eigenvalue weighted by Crippen LogP contribution is -2.04. The van der Waals surface area contributed by atoms with E-state index in [1.165, 1.54) is 42.1 Å². The Hall–Kier alpha value is -1.89. The number of hydrogen-bond acceptors (Lipinski definition) is 4. The summed E-state index contributed by atoms with van der Waals surface area (Å²) in [5.74, 6) is 0. The van der Waals surface area contributed by atoms with E-state index in [2.05, 4.69) is 48.3 Å². The maximum absolute atomic E-state index is 11.3. The van der Waals surface area contributed by atoms with Crippen LogP contribution >= 0.6 is 22.7 Å². The van der Waals surface area contributed by atoms with Crippen molar-refractivity contribution in [1.29, 1.82) is 0 Å². The highest BCUT2D eigenvalue weighted by Crippen LogP contribution is 2.34. The van der Waals surface area contributed by atoms with Gasteiger partial charge in [0, 0.05) is 40.9 Å². The largest absolute Gasteiger partial charge is 0.375 e. The molecule has 0 aliphatic carbocycles. The number of rotatable bonds is 8. The van der Waals surface area contributed by atoms with Crippen LogP contribution in [0.3, 0.4) is 0 Å². The summed E-state index contributed by atoms with van der Waals surface area (Å²) in [5.41, 5.74) is 4.66. The molecule has 4 rings (SSSR count). The van der Waals surface area contributed by atoms with E-state index >= 15 is 0 Å². The number of carbonyl (C=O) groups is 1. The van der Waals surface area contributed by atoms with Crippen LogP contribution in [0, 0.1) is 13.8 Å². The Kier molecular flexibility index (Phi) is 5.45. The molecule has 4 heterocycles. The van der Waals surface area contributed by atoms with Crippen LogP contribution in [0.25, 0.3) is 20.4 Å². The minimum absolute atomic E-state index is 0.648. The molecule has 0 aliphatic rings. The van der Waals surface area contributed by atoms with Gasteiger partial charge in [-0.05, 0) is 56.3 Å². The molecule has 4 nitrogen and oxygen atoms in total.